The zero-order valence-electron chi connectivity index (χ0n) is 51.0. The van der Waals surface area contributed by atoms with Crippen molar-refractivity contribution < 1.29 is 18.9 Å². The van der Waals surface area contributed by atoms with E-state index in [9.17, 15) is 10.0 Å². The summed E-state index contributed by atoms with van der Waals surface area (Å²) < 4.78 is 17.7. The van der Waals surface area contributed by atoms with Gasteiger partial charge in [0.1, 0.15) is 22.2 Å². The Hall–Kier alpha value is -11.4. The lowest BCUT2D eigenvalue weighted by Gasteiger charge is -2.09. The minimum atomic E-state index is -1.44. The van der Waals surface area contributed by atoms with E-state index in [1.54, 1.807) is 23.6 Å². The van der Waals surface area contributed by atoms with Gasteiger partial charge < -0.3 is 18.9 Å². The minimum absolute atomic E-state index is 0.510. The van der Waals surface area contributed by atoms with E-state index in [2.05, 4.69) is 223 Å². The molecule has 0 saturated heterocycles. The SMILES string of the molecule is Clc1cccc(-c2cnc3oc4c5ccccc5c5ccccc5c4c3n2)c1.OB(O)c1cccc(-c2cccc3c2sc2ccccc23)c1.c1cc(-c2cccc(-c3cccc4c3sc3ccccc34)c2)cc(-c2cnc3oc4c5ccccc5c5ccccc5c4c3n2)c1. The monoisotopic (exact) mass is 1290 g/mol. The molecule has 0 fully saturated rings. The molecule has 96 heavy (non-hydrogen) atoms. The van der Waals surface area contributed by atoms with Crippen molar-refractivity contribution >= 4 is 175 Å². The third-order valence-corrected chi connectivity index (χ3v) is 20.9. The van der Waals surface area contributed by atoms with E-state index in [1.165, 1.54) is 73.0 Å². The number of hydrogen-bond donors (Lipinski definition) is 2. The summed E-state index contributed by atoms with van der Waals surface area (Å²) in [5.41, 5.74) is 15.3. The van der Waals surface area contributed by atoms with Gasteiger partial charge in [0.05, 0.1) is 34.6 Å². The summed E-state index contributed by atoms with van der Waals surface area (Å²) >= 11 is 9.80. The van der Waals surface area contributed by atoms with Gasteiger partial charge in [-0.25, -0.2) is 19.9 Å². The van der Waals surface area contributed by atoms with Gasteiger partial charge in [0.25, 0.3) is 0 Å². The Bertz CT molecular complexity index is 6510. The van der Waals surface area contributed by atoms with Crippen LogP contribution in [0.2, 0.25) is 5.02 Å². The fourth-order valence-electron chi connectivity index (χ4n) is 13.8. The van der Waals surface area contributed by atoms with Crippen LogP contribution in [0.1, 0.15) is 0 Å². The molecule has 452 valence electrons. The van der Waals surface area contributed by atoms with Gasteiger partial charge in [0.15, 0.2) is 0 Å². The van der Waals surface area contributed by atoms with Crippen molar-refractivity contribution in [2.45, 2.75) is 0 Å². The van der Waals surface area contributed by atoms with Crippen LogP contribution < -0.4 is 5.46 Å². The third kappa shape index (κ3) is 9.82. The third-order valence-electron chi connectivity index (χ3n) is 18.2. The van der Waals surface area contributed by atoms with Gasteiger partial charge >= 0.3 is 7.12 Å². The maximum atomic E-state index is 9.38. The van der Waals surface area contributed by atoms with Crippen molar-refractivity contribution in [3.05, 3.63) is 296 Å². The lowest BCUT2D eigenvalue weighted by Crippen LogP contribution is -2.29. The highest BCUT2D eigenvalue weighted by atomic mass is 35.5. The predicted octanol–water partition coefficient (Wildman–Crippen LogP) is 22.5. The van der Waals surface area contributed by atoms with Crippen molar-refractivity contribution in [3.63, 3.8) is 0 Å². The van der Waals surface area contributed by atoms with E-state index in [4.69, 9.17) is 35.4 Å². The number of hydrogen-bond acceptors (Lipinski definition) is 10. The van der Waals surface area contributed by atoms with Crippen molar-refractivity contribution in [2.75, 3.05) is 0 Å². The van der Waals surface area contributed by atoms with Crippen LogP contribution in [-0.2, 0) is 0 Å². The number of fused-ring (bicyclic) bond motifs is 22. The van der Waals surface area contributed by atoms with Crippen LogP contribution in [0.3, 0.4) is 0 Å². The molecule has 8 nitrogen and oxygen atoms in total. The van der Waals surface area contributed by atoms with Crippen LogP contribution >= 0.6 is 34.3 Å². The van der Waals surface area contributed by atoms with Crippen LogP contribution in [0.4, 0.5) is 0 Å². The highest BCUT2D eigenvalue weighted by molar-refractivity contribution is 7.26. The number of halogens is 1. The molecule has 6 heterocycles. The first-order valence-corrected chi connectivity index (χ1v) is 33.6. The summed E-state index contributed by atoms with van der Waals surface area (Å²) in [5, 5.41) is 35.7. The summed E-state index contributed by atoms with van der Waals surface area (Å²) in [6, 6.07) is 96.1. The van der Waals surface area contributed by atoms with E-state index in [-0.39, 0.29) is 0 Å². The zero-order chi connectivity index (χ0) is 64.0. The second kappa shape index (κ2) is 23.6. The van der Waals surface area contributed by atoms with Gasteiger partial charge in [0, 0.05) is 67.3 Å². The molecule has 0 amide bonds. The second-order valence-corrected chi connectivity index (χ2v) is 26.4. The first-order chi connectivity index (χ1) is 47.3. The van der Waals surface area contributed by atoms with Crippen molar-refractivity contribution in [2.24, 2.45) is 0 Å². The first-order valence-electron chi connectivity index (χ1n) is 31.6. The molecule has 0 radical (unpaired) electrons. The van der Waals surface area contributed by atoms with Gasteiger partial charge in [-0.2, -0.15) is 0 Å². The van der Waals surface area contributed by atoms with Crippen molar-refractivity contribution in [3.8, 4) is 55.9 Å². The molecule has 0 aliphatic heterocycles. The summed E-state index contributed by atoms with van der Waals surface area (Å²) in [6.45, 7) is 0. The molecule has 0 bridgehead atoms. The Morgan fingerprint density at radius 2 is 0.688 bits per heavy atom. The Morgan fingerprint density at radius 3 is 1.18 bits per heavy atom. The summed E-state index contributed by atoms with van der Waals surface area (Å²) in [7, 11) is -1.44. The molecule has 0 atom stereocenters. The quantitative estimate of drug-likeness (QED) is 0.125. The highest BCUT2D eigenvalue weighted by Gasteiger charge is 2.22. The van der Waals surface area contributed by atoms with Crippen LogP contribution in [0.5, 0.6) is 0 Å². The molecule has 20 rings (SSSR count). The Labute approximate surface area is 562 Å². The van der Waals surface area contributed by atoms with Crippen LogP contribution in [-0.4, -0.2) is 37.1 Å². The fraction of sp³-hybridized carbons (Fsp3) is 0. The molecular formula is C84H50BClN4O4S2. The van der Waals surface area contributed by atoms with Crippen molar-refractivity contribution in [1.29, 1.82) is 0 Å². The standard InChI is InChI=1S/C42H24N2OS.C24H13ClN2O.C18H13BO2S/c1-3-17-33-30(14-1)31-15-2-4-18-34(31)40-38(33)39-42(45-40)43-24-36(44-39)28-13-8-11-26(23-28)25-10-7-12-27(22-25)29-19-9-20-35-32-16-5-6-21-37(32)46-41(29)35;25-15-7-5-6-14(12-15)20-13-26-24-22(27-20)21-18-10-3-1-8-16(18)17-9-2-4-11-19(17)23(21)28-24;20-19(21)13-6-3-5-12(11-13)14-8-4-9-16-15-7-1-2-10-17(15)22-18(14)16/h1-24H;1-13H;1-11,20-21H. The molecule has 2 N–H and O–H groups in total. The highest BCUT2D eigenvalue weighted by Crippen LogP contribution is 2.45. The number of rotatable bonds is 6. The largest absolute Gasteiger partial charge is 0.488 e. The number of nitrogens with zero attached hydrogens (tertiary/aromatic N) is 4. The summed E-state index contributed by atoms with van der Waals surface area (Å²) in [4.78, 5) is 19.5. The lowest BCUT2D eigenvalue weighted by molar-refractivity contribution is 0.426. The zero-order valence-corrected chi connectivity index (χ0v) is 53.4. The van der Waals surface area contributed by atoms with Gasteiger partial charge in [0.2, 0.25) is 11.4 Å². The van der Waals surface area contributed by atoms with Gasteiger partial charge in [-0.3, -0.25) is 0 Å². The van der Waals surface area contributed by atoms with Gasteiger partial charge in [-0.05, 0) is 108 Å². The summed E-state index contributed by atoms with van der Waals surface area (Å²) in [5.74, 6) is 0. The average Bonchev–Trinajstić information content (AvgIpc) is 1.54. The van der Waals surface area contributed by atoms with Crippen molar-refractivity contribution in [1.82, 2.24) is 19.9 Å². The first kappa shape index (κ1) is 57.3. The van der Waals surface area contributed by atoms with E-state index in [0.717, 1.165) is 99.3 Å². The fourth-order valence-corrected chi connectivity index (χ4v) is 16.5. The molecule has 6 aromatic heterocycles. The second-order valence-electron chi connectivity index (χ2n) is 23.8. The van der Waals surface area contributed by atoms with Gasteiger partial charge in [-0.1, -0.05) is 254 Å². The molecule has 14 aromatic carbocycles. The maximum Gasteiger partial charge on any atom is 0.488 e. The number of furan rings is 2. The average molecular weight is 1290 g/mol. The smallest absolute Gasteiger partial charge is 0.436 e. The van der Waals surface area contributed by atoms with Crippen LogP contribution in [0, 0.1) is 0 Å². The molecule has 0 spiro atoms. The molecule has 20 aromatic rings. The maximum absolute atomic E-state index is 9.38. The Balaban J connectivity index is 0.000000114. The number of benzene rings is 14. The van der Waals surface area contributed by atoms with Crippen LogP contribution in [0.25, 0.3) is 184 Å². The molecular weight excluding hydrogens is 1240 g/mol. The molecule has 0 aliphatic rings. The minimum Gasteiger partial charge on any atom is -0.436 e. The molecule has 0 aliphatic carbocycles. The molecule has 0 unspecified atom stereocenters. The lowest BCUT2D eigenvalue weighted by atomic mass is 9.79. The normalized spacial score (nSPS) is 11.7. The van der Waals surface area contributed by atoms with Gasteiger partial charge in [-0.15, -0.1) is 22.7 Å². The predicted molar refractivity (Wildman–Crippen MR) is 403 cm³/mol. The topological polar surface area (TPSA) is 118 Å². The Morgan fingerprint density at radius 1 is 0.323 bits per heavy atom. The summed E-state index contributed by atoms with van der Waals surface area (Å²) in [6.07, 6.45) is 3.56. The number of thiophene rings is 2. The number of aromatic nitrogens is 4. The van der Waals surface area contributed by atoms with E-state index in [1.807, 2.05) is 72.1 Å². The Kier molecular flexibility index (Phi) is 14.1. The van der Waals surface area contributed by atoms with Crippen LogP contribution in [0.15, 0.2) is 300 Å². The molecule has 0 saturated carbocycles. The van der Waals surface area contributed by atoms with E-state index in [0.29, 0.717) is 21.9 Å². The van der Waals surface area contributed by atoms with E-state index >= 15 is 0 Å². The molecule has 12 heteroatoms. The van der Waals surface area contributed by atoms with E-state index < -0.39 is 7.12 Å².